The highest BCUT2D eigenvalue weighted by molar-refractivity contribution is 7.91. The fourth-order valence-corrected chi connectivity index (χ4v) is 17.3. The number of esters is 1. The second-order valence-corrected chi connectivity index (χ2v) is 25.1. The van der Waals surface area contributed by atoms with Crippen molar-refractivity contribution < 1.29 is 32.2 Å². The molecule has 0 radical (unpaired) electrons. The predicted molar refractivity (Wildman–Crippen MR) is 213 cm³/mol. The topological polar surface area (TPSA) is 113 Å². The summed E-state index contributed by atoms with van der Waals surface area (Å²) in [5.41, 5.74) is 0.230. The van der Waals surface area contributed by atoms with Crippen LogP contribution >= 0.6 is 0 Å². The summed E-state index contributed by atoms with van der Waals surface area (Å²) in [4.78, 5) is 27.5. The summed E-state index contributed by atoms with van der Waals surface area (Å²) in [5.74, 6) is 1.32. The molecule has 55 heavy (non-hydrogen) atoms. The number of hydrogen-bond acceptors (Lipinski definition) is 7. The smallest absolute Gasteiger partial charge is 0.309 e. The molecule has 8 fully saturated rings. The Morgan fingerprint density at radius 3 is 2.09 bits per heavy atom. The van der Waals surface area contributed by atoms with Crippen molar-refractivity contribution >= 4 is 21.8 Å². The first-order chi connectivity index (χ1) is 25.6. The van der Waals surface area contributed by atoms with E-state index in [0.29, 0.717) is 61.1 Å². The van der Waals surface area contributed by atoms with Crippen molar-refractivity contribution in [1.29, 1.82) is 0 Å². The molecule has 1 aliphatic heterocycles. The number of aliphatic carboxylic acids is 1. The molecular formula is C45H73FN2O6S. The normalized spacial score (nSPS) is 48.2. The summed E-state index contributed by atoms with van der Waals surface area (Å²) in [6, 6.07) is -0.280. The van der Waals surface area contributed by atoms with Crippen LogP contribution in [0.4, 0.5) is 4.39 Å². The van der Waals surface area contributed by atoms with Gasteiger partial charge in [-0.2, -0.15) is 0 Å². The number of nitrogens with one attached hydrogen (secondary N) is 1. The molecule has 0 amide bonds. The Bertz CT molecular complexity index is 1650. The number of hydrogen-bond donors (Lipinski definition) is 2. The SMILES string of the molecule is CC1([C@@H]2CC[C@]3(NC[C@@H](CF)N4CCS(=O)(=O)CC4)CC[C@]4(C)[C@H](CC[C@@H]5[C@@]6(C)CC[C@H](OC(=O)[C@H]7C[C@@H](C(=O)O)C7(C)C)C(C)(C)[C@@H]6CC[C@]54C)[C@@H]23)CC1. The first-order valence-corrected chi connectivity index (χ1v) is 24.1. The Morgan fingerprint density at radius 2 is 1.47 bits per heavy atom. The lowest BCUT2D eigenvalue weighted by Crippen LogP contribution is -2.69. The number of rotatable bonds is 9. The highest BCUT2D eigenvalue weighted by Gasteiger charge is 2.72. The Balaban J connectivity index is 1.02. The van der Waals surface area contributed by atoms with Gasteiger partial charge in [-0.1, -0.05) is 55.4 Å². The lowest BCUT2D eigenvalue weighted by atomic mass is 9.32. The van der Waals surface area contributed by atoms with E-state index in [1.54, 1.807) is 0 Å². The van der Waals surface area contributed by atoms with E-state index >= 15 is 0 Å². The monoisotopic (exact) mass is 789 g/mol. The third-order valence-corrected chi connectivity index (χ3v) is 21.8. The minimum absolute atomic E-state index is 0.0173. The quantitative estimate of drug-likeness (QED) is 0.227. The van der Waals surface area contributed by atoms with Gasteiger partial charge in [0.05, 0.1) is 29.4 Å². The zero-order chi connectivity index (χ0) is 39.8. The summed E-state index contributed by atoms with van der Waals surface area (Å²) in [5, 5.41) is 13.8. The van der Waals surface area contributed by atoms with Crippen LogP contribution in [0.5, 0.6) is 0 Å². The zero-order valence-electron chi connectivity index (χ0n) is 35.4. The fraction of sp³-hybridized carbons (Fsp3) is 0.956. The van der Waals surface area contributed by atoms with Crippen LogP contribution in [0.3, 0.4) is 0 Å². The molecule has 1 saturated heterocycles. The second kappa shape index (κ2) is 13.1. The number of sulfone groups is 1. The maximum absolute atomic E-state index is 14.7. The highest BCUT2D eigenvalue weighted by atomic mass is 32.2. The highest BCUT2D eigenvalue weighted by Crippen LogP contribution is 2.78. The van der Waals surface area contributed by atoms with E-state index in [0.717, 1.165) is 25.7 Å². The number of alkyl halides is 1. The maximum atomic E-state index is 14.7. The first kappa shape index (κ1) is 40.5. The average molecular weight is 789 g/mol. The summed E-state index contributed by atoms with van der Waals surface area (Å²) >= 11 is 0. The molecule has 2 N–H and O–H groups in total. The number of nitrogens with zero attached hydrogens (tertiary/aromatic N) is 1. The van der Waals surface area contributed by atoms with E-state index < -0.39 is 33.8 Å². The van der Waals surface area contributed by atoms with Crippen LogP contribution in [0.2, 0.25) is 0 Å². The second-order valence-electron chi connectivity index (χ2n) is 22.8. The number of halogens is 1. The lowest BCUT2D eigenvalue weighted by molar-refractivity contribution is -0.249. The molecule has 7 aliphatic carbocycles. The number of carboxylic acid groups (broad SMARTS) is 1. The fourth-order valence-electron chi connectivity index (χ4n) is 16.1. The van der Waals surface area contributed by atoms with Crippen LogP contribution in [0.1, 0.15) is 139 Å². The van der Waals surface area contributed by atoms with E-state index in [1.807, 2.05) is 13.8 Å². The van der Waals surface area contributed by atoms with Crippen molar-refractivity contribution in [3.05, 3.63) is 0 Å². The van der Waals surface area contributed by atoms with Crippen LogP contribution in [0.25, 0.3) is 0 Å². The van der Waals surface area contributed by atoms with Crippen LogP contribution in [0.15, 0.2) is 0 Å². The Labute approximate surface area is 331 Å². The molecular weight excluding hydrogens is 716 g/mol. The third kappa shape index (κ3) is 5.98. The third-order valence-electron chi connectivity index (χ3n) is 20.2. The Morgan fingerprint density at radius 1 is 0.782 bits per heavy atom. The summed E-state index contributed by atoms with van der Waals surface area (Å²) < 4.78 is 45.5. The van der Waals surface area contributed by atoms with Gasteiger partial charge < -0.3 is 15.2 Å². The molecule has 312 valence electrons. The Kier molecular flexibility index (Phi) is 9.66. The lowest BCUT2D eigenvalue weighted by Gasteiger charge is -2.73. The molecule has 7 saturated carbocycles. The average Bonchev–Trinajstić information content (AvgIpc) is 3.72. The molecule has 8 rings (SSSR count). The van der Waals surface area contributed by atoms with Gasteiger partial charge >= 0.3 is 11.9 Å². The van der Waals surface area contributed by atoms with E-state index in [9.17, 15) is 27.5 Å². The largest absolute Gasteiger partial charge is 0.481 e. The molecule has 8 nitrogen and oxygen atoms in total. The van der Waals surface area contributed by atoms with Crippen LogP contribution in [-0.2, 0) is 24.2 Å². The molecule has 0 aromatic carbocycles. The van der Waals surface area contributed by atoms with Crippen LogP contribution < -0.4 is 5.32 Å². The molecule has 0 unspecified atom stereocenters. The molecule has 13 atom stereocenters. The maximum Gasteiger partial charge on any atom is 0.309 e. The van der Waals surface area contributed by atoms with Gasteiger partial charge in [0.1, 0.15) is 12.8 Å². The molecule has 0 bridgehead atoms. The van der Waals surface area contributed by atoms with Crippen molar-refractivity contribution in [2.45, 2.75) is 157 Å². The summed E-state index contributed by atoms with van der Waals surface area (Å²) in [6.45, 7) is 20.0. The van der Waals surface area contributed by atoms with Crippen LogP contribution in [-0.4, -0.2) is 85.9 Å². The van der Waals surface area contributed by atoms with E-state index in [-0.39, 0.29) is 62.7 Å². The van der Waals surface area contributed by atoms with Gasteiger partial charge in [-0.3, -0.25) is 14.5 Å². The van der Waals surface area contributed by atoms with E-state index in [2.05, 4.69) is 51.8 Å². The van der Waals surface area contributed by atoms with Crippen molar-refractivity contribution in [1.82, 2.24) is 10.2 Å². The van der Waals surface area contributed by atoms with E-state index in [4.69, 9.17) is 4.74 Å². The minimum atomic E-state index is -3.02. The number of carboxylic acids is 1. The number of fused-ring (bicyclic) bond motifs is 7. The molecule has 0 aromatic rings. The molecule has 0 spiro atoms. The van der Waals surface area contributed by atoms with Gasteiger partial charge in [0.25, 0.3) is 0 Å². The van der Waals surface area contributed by atoms with Gasteiger partial charge in [0.15, 0.2) is 9.84 Å². The van der Waals surface area contributed by atoms with E-state index in [1.165, 1.54) is 51.4 Å². The number of carbonyl (C=O) groups is 2. The van der Waals surface area contributed by atoms with Gasteiger partial charge in [0.2, 0.25) is 0 Å². The minimum Gasteiger partial charge on any atom is -0.481 e. The molecule has 10 heteroatoms. The predicted octanol–water partition coefficient (Wildman–Crippen LogP) is 7.94. The zero-order valence-corrected chi connectivity index (χ0v) is 36.2. The van der Waals surface area contributed by atoms with Gasteiger partial charge in [0, 0.05) is 30.6 Å². The van der Waals surface area contributed by atoms with Crippen molar-refractivity contribution in [2.24, 2.45) is 73.9 Å². The molecule has 1 heterocycles. The van der Waals surface area contributed by atoms with Gasteiger partial charge in [-0.15, -0.1) is 0 Å². The van der Waals surface area contributed by atoms with Gasteiger partial charge in [-0.25, -0.2) is 12.8 Å². The standard InChI is InChI=1S/C45H73FN2O6S/c1-39(2)31(37(49)50)25-32(39)38(51)54-35-13-14-42(6)33(40(35,3)4)12-15-44(8)34(42)10-9-30-36-29(41(5)17-18-41)11-16-45(36,20-19-43(30,44)7)47-27-28(26-46)48-21-23-55(52,53)24-22-48/h28-36,47H,9-27H2,1-8H3,(H,49,50)/t28-,29-,30-,31+,32-,33+,34-,35+,36-,42+,43-,44-,45+/m1/s1. The molecule has 0 aromatic heterocycles. The molecule has 8 aliphatic rings. The van der Waals surface area contributed by atoms with Crippen molar-refractivity contribution in [3.63, 3.8) is 0 Å². The first-order valence-electron chi connectivity index (χ1n) is 22.3. The number of carbonyl (C=O) groups excluding carboxylic acids is 1. The van der Waals surface area contributed by atoms with Crippen LogP contribution in [0, 0.1) is 73.9 Å². The summed E-state index contributed by atoms with van der Waals surface area (Å²) in [6.07, 6.45) is 14.4. The van der Waals surface area contributed by atoms with Crippen molar-refractivity contribution in [2.75, 3.05) is 37.8 Å². The Hall–Kier alpha value is -1.26. The summed E-state index contributed by atoms with van der Waals surface area (Å²) in [7, 11) is -3.02. The van der Waals surface area contributed by atoms with Gasteiger partial charge in [-0.05, 0) is 140 Å². The number of ether oxygens (including phenoxy) is 1. The van der Waals surface area contributed by atoms with Crippen molar-refractivity contribution in [3.8, 4) is 0 Å².